The Balaban J connectivity index is 1.89. The topological polar surface area (TPSA) is 0 Å². The minimum Gasteiger partial charge on any atom is -0.0587 e. The van der Waals surface area contributed by atoms with E-state index in [4.69, 9.17) is 0 Å². The van der Waals surface area contributed by atoms with E-state index in [1.165, 1.54) is 54.6 Å². The molecule has 5 rings (SSSR count). The van der Waals surface area contributed by atoms with Gasteiger partial charge in [-0.1, -0.05) is 99.1 Å². The van der Waals surface area contributed by atoms with Crippen LogP contribution in [0.3, 0.4) is 0 Å². The van der Waals surface area contributed by atoms with Crippen LogP contribution in [0.15, 0.2) is 72.8 Å². The summed E-state index contributed by atoms with van der Waals surface area (Å²) in [5.41, 5.74) is 5.45. The Bertz CT molecular complexity index is 1260. The summed E-state index contributed by atoms with van der Waals surface area (Å²) in [6.07, 6.45) is 0. The van der Waals surface area contributed by atoms with Gasteiger partial charge in [-0.15, -0.1) is 0 Å². The van der Waals surface area contributed by atoms with Gasteiger partial charge in [-0.3, -0.25) is 0 Å². The van der Waals surface area contributed by atoms with Gasteiger partial charge in [-0.2, -0.15) is 0 Å². The van der Waals surface area contributed by atoms with Gasteiger partial charge in [-0.25, -0.2) is 0 Å². The molecular weight excluding hydrogens is 324 g/mol. The molecule has 0 heterocycles. The predicted molar refractivity (Wildman–Crippen MR) is 119 cm³/mol. The fraction of sp³-hybridized carbons (Fsp3) is 0.185. The Morgan fingerprint density at radius 2 is 1.19 bits per heavy atom. The first-order valence-electron chi connectivity index (χ1n) is 9.71. The highest BCUT2D eigenvalue weighted by Crippen LogP contribution is 2.40. The third kappa shape index (κ3) is 2.51. The van der Waals surface area contributed by atoms with E-state index in [0.717, 1.165) is 0 Å². The summed E-state index contributed by atoms with van der Waals surface area (Å²) < 4.78 is 0. The Kier molecular flexibility index (Phi) is 3.37. The largest absolute Gasteiger partial charge is 0.0587 e. The third-order valence-electron chi connectivity index (χ3n) is 5.83. The molecule has 0 saturated heterocycles. The summed E-state index contributed by atoms with van der Waals surface area (Å²) in [7, 11) is 0. The molecule has 0 radical (unpaired) electrons. The summed E-state index contributed by atoms with van der Waals surface area (Å²) >= 11 is 0. The molecule has 0 fully saturated rings. The van der Waals surface area contributed by atoms with Crippen molar-refractivity contribution >= 4 is 32.3 Å². The van der Waals surface area contributed by atoms with Gasteiger partial charge in [0, 0.05) is 0 Å². The highest BCUT2D eigenvalue weighted by Gasteiger charge is 2.17. The van der Waals surface area contributed by atoms with Crippen LogP contribution in [-0.4, -0.2) is 0 Å². The van der Waals surface area contributed by atoms with Gasteiger partial charge < -0.3 is 0 Å². The van der Waals surface area contributed by atoms with Crippen molar-refractivity contribution in [1.29, 1.82) is 0 Å². The van der Waals surface area contributed by atoms with E-state index < -0.39 is 0 Å². The monoisotopic (exact) mass is 348 g/mol. The van der Waals surface area contributed by atoms with Gasteiger partial charge in [0.15, 0.2) is 0 Å². The maximum atomic E-state index is 2.37. The Hall–Kier alpha value is -2.86. The Morgan fingerprint density at radius 3 is 1.85 bits per heavy atom. The summed E-state index contributed by atoms with van der Waals surface area (Å²) in [5, 5.41) is 8.14. The average molecular weight is 348 g/mol. The Morgan fingerprint density at radius 1 is 0.593 bits per heavy atom. The maximum absolute atomic E-state index is 2.37. The normalized spacial score (nSPS) is 12.4. The lowest BCUT2D eigenvalue weighted by molar-refractivity contribution is 0.591. The molecule has 0 aliphatic carbocycles. The van der Waals surface area contributed by atoms with Crippen LogP contribution in [0.5, 0.6) is 0 Å². The Labute approximate surface area is 160 Å². The van der Waals surface area contributed by atoms with Gasteiger partial charge in [-0.05, 0) is 61.3 Å². The predicted octanol–water partition coefficient (Wildman–Crippen LogP) is 7.86. The zero-order chi connectivity index (χ0) is 18.8. The van der Waals surface area contributed by atoms with E-state index in [1.807, 2.05) is 0 Å². The number of aryl methyl sites for hydroxylation is 1. The van der Waals surface area contributed by atoms with Crippen LogP contribution in [0.1, 0.15) is 31.9 Å². The van der Waals surface area contributed by atoms with Crippen LogP contribution in [0.4, 0.5) is 0 Å². The molecule has 132 valence electrons. The maximum Gasteiger partial charge on any atom is -0.00206 e. The van der Waals surface area contributed by atoms with Crippen molar-refractivity contribution < 1.29 is 0 Å². The zero-order valence-electron chi connectivity index (χ0n) is 16.4. The zero-order valence-corrected chi connectivity index (χ0v) is 16.4. The smallest absolute Gasteiger partial charge is 0.00206 e. The van der Waals surface area contributed by atoms with E-state index in [9.17, 15) is 0 Å². The summed E-state index contributed by atoms with van der Waals surface area (Å²) in [6, 6.07) is 27.3. The molecule has 0 heteroatoms. The standard InChI is InChI=1S/C27H24/c1-17-5-7-18(8-6-17)23-13-11-19-9-10-20-15-22(27(2,3)4)16-21-12-14-24(23)26(19)25(20)21/h5-16H,1-4H3. The molecule has 0 bridgehead atoms. The van der Waals surface area contributed by atoms with Gasteiger partial charge >= 0.3 is 0 Å². The molecular formula is C27H24. The van der Waals surface area contributed by atoms with Crippen molar-refractivity contribution in [2.24, 2.45) is 0 Å². The van der Waals surface area contributed by atoms with E-state index in [2.05, 4.69) is 100 Å². The quantitative estimate of drug-likeness (QED) is 0.270. The van der Waals surface area contributed by atoms with Crippen molar-refractivity contribution in [1.82, 2.24) is 0 Å². The van der Waals surface area contributed by atoms with Gasteiger partial charge in [0.2, 0.25) is 0 Å². The number of hydrogen-bond acceptors (Lipinski definition) is 0. The fourth-order valence-electron chi connectivity index (χ4n) is 4.24. The number of rotatable bonds is 1. The van der Waals surface area contributed by atoms with Crippen LogP contribution in [0.25, 0.3) is 43.4 Å². The first kappa shape index (κ1) is 16.3. The van der Waals surface area contributed by atoms with Crippen LogP contribution >= 0.6 is 0 Å². The van der Waals surface area contributed by atoms with E-state index in [1.54, 1.807) is 0 Å². The lowest BCUT2D eigenvalue weighted by atomic mass is 9.83. The van der Waals surface area contributed by atoms with Crippen LogP contribution in [0, 0.1) is 6.92 Å². The van der Waals surface area contributed by atoms with E-state index in [-0.39, 0.29) is 5.41 Å². The second-order valence-corrected chi connectivity index (χ2v) is 8.80. The molecule has 0 spiro atoms. The third-order valence-corrected chi connectivity index (χ3v) is 5.83. The molecule has 0 unspecified atom stereocenters. The highest BCUT2D eigenvalue weighted by atomic mass is 14.2. The molecule has 0 atom stereocenters. The van der Waals surface area contributed by atoms with Crippen LogP contribution in [0.2, 0.25) is 0 Å². The van der Waals surface area contributed by atoms with Crippen molar-refractivity contribution in [2.45, 2.75) is 33.1 Å². The van der Waals surface area contributed by atoms with Crippen molar-refractivity contribution in [2.75, 3.05) is 0 Å². The number of hydrogen-bond donors (Lipinski definition) is 0. The lowest BCUT2D eigenvalue weighted by Gasteiger charge is -2.22. The molecule has 0 aliphatic rings. The van der Waals surface area contributed by atoms with Crippen molar-refractivity contribution in [3.8, 4) is 11.1 Å². The van der Waals surface area contributed by atoms with Gasteiger partial charge in [0.25, 0.3) is 0 Å². The first-order chi connectivity index (χ1) is 12.9. The average Bonchev–Trinajstić information content (AvgIpc) is 2.65. The lowest BCUT2D eigenvalue weighted by Crippen LogP contribution is -2.10. The SMILES string of the molecule is Cc1ccc(-c2ccc3ccc4cc(C(C)(C)C)cc5ccc2c3c45)cc1. The molecule has 0 N–H and O–H groups in total. The molecule has 27 heavy (non-hydrogen) atoms. The number of benzene rings is 5. The van der Waals surface area contributed by atoms with Crippen LogP contribution in [-0.2, 0) is 5.41 Å². The molecule has 0 nitrogen and oxygen atoms in total. The minimum atomic E-state index is 0.150. The molecule has 0 aromatic heterocycles. The summed E-state index contributed by atoms with van der Waals surface area (Å²) in [6.45, 7) is 9.00. The van der Waals surface area contributed by atoms with E-state index >= 15 is 0 Å². The molecule has 0 amide bonds. The molecule has 0 aliphatic heterocycles. The second-order valence-electron chi connectivity index (χ2n) is 8.80. The highest BCUT2D eigenvalue weighted by molar-refractivity contribution is 6.25. The fourth-order valence-corrected chi connectivity index (χ4v) is 4.24. The van der Waals surface area contributed by atoms with E-state index in [0.29, 0.717) is 0 Å². The molecule has 5 aromatic rings. The summed E-state index contributed by atoms with van der Waals surface area (Å²) in [4.78, 5) is 0. The minimum absolute atomic E-state index is 0.150. The van der Waals surface area contributed by atoms with Gasteiger partial charge in [0.05, 0.1) is 0 Å². The second kappa shape index (κ2) is 5.57. The first-order valence-corrected chi connectivity index (χ1v) is 9.71. The van der Waals surface area contributed by atoms with Crippen LogP contribution < -0.4 is 0 Å². The molecule has 0 saturated carbocycles. The molecule has 5 aromatic carbocycles. The van der Waals surface area contributed by atoms with Gasteiger partial charge in [0.1, 0.15) is 0 Å². The summed E-state index contributed by atoms with van der Waals surface area (Å²) in [5.74, 6) is 0. The van der Waals surface area contributed by atoms with Crippen molar-refractivity contribution in [3.63, 3.8) is 0 Å². The van der Waals surface area contributed by atoms with Crippen molar-refractivity contribution in [3.05, 3.63) is 83.9 Å².